The molecule has 0 bridgehead atoms. The zero-order valence-corrected chi connectivity index (χ0v) is 19.2. The first-order valence-electron chi connectivity index (χ1n) is 11.0. The highest BCUT2D eigenvalue weighted by atomic mass is 16.2. The van der Waals surface area contributed by atoms with Crippen LogP contribution in [0.3, 0.4) is 0 Å². The molecule has 1 aliphatic rings. The molecule has 0 saturated carbocycles. The van der Waals surface area contributed by atoms with Crippen LogP contribution < -0.4 is 5.32 Å². The Bertz CT molecular complexity index is 1010. The fourth-order valence-corrected chi connectivity index (χ4v) is 4.46. The maximum atomic E-state index is 13.6. The average Bonchev–Trinajstić information content (AvgIpc) is 2.86. The van der Waals surface area contributed by atoms with Crippen molar-refractivity contribution >= 4 is 11.8 Å². The van der Waals surface area contributed by atoms with Crippen molar-refractivity contribution in [3.05, 3.63) is 81.7 Å². The van der Waals surface area contributed by atoms with Gasteiger partial charge in [-0.1, -0.05) is 59.7 Å². The molecule has 1 fully saturated rings. The first kappa shape index (κ1) is 23.4. The second kappa shape index (κ2) is 9.88. The Morgan fingerprint density at radius 3 is 2.41 bits per heavy atom. The molecule has 1 saturated heterocycles. The minimum absolute atomic E-state index is 0.0107. The smallest absolute Gasteiger partial charge is 0.240 e. The Morgan fingerprint density at radius 2 is 1.78 bits per heavy atom. The molecule has 3 atom stereocenters. The molecular weight excluding hydrogens is 402 g/mol. The molecular formula is C25H31N5O2. The number of aryl methyl sites for hydroxylation is 1. The van der Waals surface area contributed by atoms with Gasteiger partial charge in [0.2, 0.25) is 11.8 Å². The van der Waals surface area contributed by atoms with Crippen molar-refractivity contribution in [1.82, 2.24) is 10.2 Å². The van der Waals surface area contributed by atoms with E-state index in [1.165, 1.54) is 0 Å². The van der Waals surface area contributed by atoms with Gasteiger partial charge in [-0.25, -0.2) is 0 Å². The molecule has 2 aromatic rings. The van der Waals surface area contributed by atoms with Crippen molar-refractivity contribution in [2.24, 2.45) is 5.11 Å². The van der Waals surface area contributed by atoms with Gasteiger partial charge in [0.1, 0.15) is 12.6 Å². The highest BCUT2D eigenvalue weighted by Crippen LogP contribution is 2.40. The molecule has 3 rings (SSSR count). The van der Waals surface area contributed by atoms with Gasteiger partial charge in [-0.2, -0.15) is 0 Å². The van der Waals surface area contributed by atoms with Gasteiger partial charge in [0.05, 0.1) is 6.04 Å². The molecule has 1 aliphatic heterocycles. The lowest BCUT2D eigenvalue weighted by molar-refractivity contribution is -0.139. The third-order valence-electron chi connectivity index (χ3n) is 5.79. The number of rotatable bonds is 5. The predicted molar refractivity (Wildman–Crippen MR) is 125 cm³/mol. The first-order chi connectivity index (χ1) is 15.2. The van der Waals surface area contributed by atoms with Gasteiger partial charge in [-0.3, -0.25) is 9.59 Å². The van der Waals surface area contributed by atoms with Crippen LogP contribution in [0.2, 0.25) is 0 Å². The molecule has 0 aliphatic carbocycles. The van der Waals surface area contributed by atoms with E-state index in [2.05, 4.69) is 34.4 Å². The zero-order chi connectivity index (χ0) is 23.3. The molecule has 2 aromatic carbocycles. The monoisotopic (exact) mass is 433 g/mol. The number of carbonyl (C=O) groups is 2. The van der Waals surface area contributed by atoms with Gasteiger partial charge in [-0.05, 0) is 68.7 Å². The van der Waals surface area contributed by atoms with Crippen molar-refractivity contribution < 1.29 is 9.59 Å². The standard InChI is InChI=1S/C25H31N5O2/c1-17-10-8-9-13-20(17)19-14-21(28-29-26)24(32)30(16-23(31)27-25(2,3)4)22(15-19)18-11-6-5-7-12-18/h5-13,19,21-22H,14-16H2,1-4H3,(H,27,31). The van der Waals surface area contributed by atoms with Crippen LogP contribution in [0.1, 0.15) is 62.3 Å². The van der Waals surface area contributed by atoms with E-state index < -0.39 is 11.6 Å². The number of amides is 2. The first-order valence-corrected chi connectivity index (χ1v) is 11.0. The maximum Gasteiger partial charge on any atom is 0.240 e. The maximum absolute atomic E-state index is 13.6. The van der Waals surface area contributed by atoms with Crippen molar-refractivity contribution in [3.63, 3.8) is 0 Å². The van der Waals surface area contributed by atoms with E-state index >= 15 is 0 Å². The van der Waals surface area contributed by atoms with Crippen LogP contribution in [0, 0.1) is 6.92 Å². The average molecular weight is 434 g/mol. The molecule has 0 radical (unpaired) electrons. The molecule has 2 amide bonds. The third-order valence-corrected chi connectivity index (χ3v) is 5.79. The Balaban J connectivity index is 2.06. The van der Waals surface area contributed by atoms with E-state index in [1.54, 1.807) is 4.90 Å². The number of azide groups is 1. The molecule has 1 N–H and O–H groups in total. The highest BCUT2D eigenvalue weighted by molar-refractivity contribution is 5.88. The Kier molecular flexibility index (Phi) is 7.21. The molecule has 0 aromatic heterocycles. The normalized spacial score (nSPS) is 21.4. The molecule has 7 heteroatoms. The van der Waals surface area contributed by atoms with E-state index in [9.17, 15) is 9.59 Å². The minimum atomic E-state index is -0.860. The minimum Gasteiger partial charge on any atom is -0.350 e. The number of likely N-dealkylation sites (tertiary alicyclic amines) is 1. The van der Waals surface area contributed by atoms with Gasteiger partial charge < -0.3 is 10.2 Å². The summed E-state index contributed by atoms with van der Waals surface area (Å²) in [5, 5.41) is 6.79. The summed E-state index contributed by atoms with van der Waals surface area (Å²) in [4.78, 5) is 30.9. The van der Waals surface area contributed by atoms with Crippen LogP contribution in [-0.4, -0.2) is 34.8 Å². The van der Waals surface area contributed by atoms with E-state index in [-0.39, 0.29) is 30.3 Å². The van der Waals surface area contributed by atoms with Gasteiger partial charge in [0, 0.05) is 10.5 Å². The summed E-state index contributed by atoms with van der Waals surface area (Å²) in [5.74, 6) is -0.533. The Labute approximate surface area is 189 Å². The summed E-state index contributed by atoms with van der Waals surface area (Å²) in [5.41, 5.74) is 12.0. The predicted octanol–water partition coefficient (Wildman–Crippen LogP) is 5.04. The van der Waals surface area contributed by atoms with E-state index in [1.807, 2.05) is 63.2 Å². The summed E-state index contributed by atoms with van der Waals surface area (Å²) >= 11 is 0. The van der Waals surface area contributed by atoms with Crippen LogP contribution in [0.5, 0.6) is 0 Å². The summed E-state index contributed by atoms with van der Waals surface area (Å²) in [6.07, 6.45) is 1.05. The van der Waals surface area contributed by atoms with Crippen molar-refractivity contribution in [3.8, 4) is 0 Å². The topological polar surface area (TPSA) is 98.2 Å². The number of carbonyl (C=O) groups excluding carboxylic acids is 2. The van der Waals surface area contributed by atoms with Gasteiger partial charge in [-0.15, -0.1) is 0 Å². The van der Waals surface area contributed by atoms with Crippen LogP contribution >= 0.6 is 0 Å². The fraction of sp³-hybridized carbons (Fsp3) is 0.440. The van der Waals surface area contributed by atoms with Crippen LogP contribution in [0.25, 0.3) is 10.4 Å². The summed E-state index contributed by atoms with van der Waals surface area (Å²) in [6, 6.07) is 16.7. The summed E-state index contributed by atoms with van der Waals surface area (Å²) in [7, 11) is 0. The number of nitrogens with one attached hydrogen (secondary N) is 1. The second-order valence-electron chi connectivity index (χ2n) is 9.44. The Hall–Kier alpha value is -3.31. The summed E-state index contributed by atoms with van der Waals surface area (Å²) in [6.45, 7) is 7.67. The van der Waals surface area contributed by atoms with Crippen molar-refractivity contribution in [2.45, 2.75) is 64.1 Å². The van der Waals surface area contributed by atoms with Crippen molar-refractivity contribution in [1.29, 1.82) is 0 Å². The molecule has 168 valence electrons. The fourth-order valence-electron chi connectivity index (χ4n) is 4.46. The van der Waals surface area contributed by atoms with Crippen LogP contribution in [0.15, 0.2) is 59.7 Å². The zero-order valence-electron chi connectivity index (χ0n) is 19.2. The van der Waals surface area contributed by atoms with Gasteiger partial charge in [0.25, 0.3) is 0 Å². The molecule has 32 heavy (non-hydrogen) atoms. The lowest BCUT2D eigenvalue weighted by Crippen LogP contribution is -2.49. The number of hydrogen-bond donors (Lipinski definition) is 1. The third kappa shape index (κ3) is 5.68. The quantitative estimate of drug-likeness (QED) is 0.406. The van der Waals surface area contributed by atoms with E-state index in [4.69, 9.17) is 5.53 Å². The Morgan fingerprint density at radius 1 is 1.12 bits per heavy atom. The second-order valence-corrected chi connectivity index (χ2v) is 9.44. The largest absolute Gasteiger partial charge is 0.350 e. The molecule has 7 nitrogen and oxygen atoms in total. The molecule has 0 spiro atoms. The van der Waals surface area contributed by atoms with Crippen LogP contribution in [0.4, 0.5) is 0 Å². The van der Waals surface area contributed by atoms with E-state index in [0.717, 1.165) is 16.7 Å². The van der Waals surface area contributed by atoms with E-state index in [0.29, 0.717) is 12.8 Å². The van der Waals surface area contributed by atoms with Crippen molar-refractivity contribution in [2.75, 3.05) is 6.54 Å². The lowest BCUT2D eigenvalue weighted by Gasteiger charge is -2.33. The SMILES string of the molecule is Cc1ccccc1C1CC(N=[N+]=[N-])C(=O)N(CC(=O)NC(C)(C)C)C(c2ccccc2)C1. The summed E-state index contributed by atoms with van der Waals surface area (Å²) < 4.78 is 0. The highest BCUT2D eigenvalue weighted by Gasteiger charge is 2.39. The number of benzene rings is 2. The number of nitrogens with zero attached hydrogens (tertiary/aromatic N) is 4. The number of hydrogen-bond acceptors (Lipinski definition) is 3. The molecule has 1 heterocycles. The van der Waals surface area contributed by atoms with Gasteiger partial charge in [0.15, 0.2) is 0 Å². The van der Waals surface area contributed by atoms with Gasteiger partial charge >= 0.3 is 0 Å². The van der Waals surface area contributed by atoms with Crippen LogP contribution in [-0.2, 0) is 9.59 Å². The molecule has 3 unspecified atom stereocenters. The lowest BCUT2D eigenvalue weighted by atomic mass is 9.84.